The minimum Gasteiger partial charge on any atom is -0.388 e. The van der Waals surface area contributed by atoms with Gasteiger partial charge in [0.15, 0.2) is 0 Å². The minimum absolute atomic E-state index is 0.0392. The maximum Gasteiger partial charge on any atom is 0.237 e. The molecule has 3 aliphatic rings. The Bertz CT molecular complexity index is 373. The predicted molar refractivity (Wildman–Crippen MR) is 82.9 cm³/mol. The molecule has 0 aromatic rings. The van der Waals surface area contributed by atoms with Gasteiger partial charge in [-0.15, -0.1) is 0 Å². The van der Waals surface area contributed by atoms with E-state index < -0.39 is 5.60 Å². The van der Waals surface area contributed by atoms with Crippen molar-refractivity contribution in [1.29, 1.82) is 0 Å². The van der Waals surface area contributed by atoms with Crippen molar-refractivity contribution in [3.8, 4) is 0 Å². The summed E-state index contributed by atoms with van der Waals surface area (Å²) in [5.74, 6) is 1.34. The number of fused-ring (bicyclic) bond motifs is 1. The number of rotatable bonds is 3. The number of hydrogen-bond acceptors (Lipinski definition) is 3. The van der Waals surface area contributed by atoms with Crippen LogP contribution >= 0.6 is 0 Å². The monoisotopic (exact) mass is 294 g/mol. The highest BCUT2D eigenvalue weighted by Gasteiger charge is 2.39. The Morgan fingerprint density at radius 2 is 2.10 bits per heavy atom. The first-order chi connectivity index (χ1) is 10.1. The number of aliphatic hydroxyl groups is 1. The molecule has 5 unspecified atom stereocenters. The maximum atomic E-state index is 12.4. The van der Waals surface area contributed by atoms with Gasteiger partial charge in [-0.05, 0) is 43.9 Å². The smallest absolute Gasteiger partial charge is 0.237 e. The highest BCUT2D eigenvalue weighted by Crippen LogP contribution is 2.34. The van der Waals surface area contributed by atoms with Gasteiger partial charge in [0.1, 0.15) is 0 Å². The second kappa shape index (κ2) is 6.25. The van der Waals surface area contributed by atoms with Gasteiger partial charge in [0.25, 0.3) is 0 Å². The van der Waals surface area contributed by atoms with Crippen LogP contribution < -0.4 is 10.6 Å². The summed E-state index contributed by atoms with van der Waals surface area (Å²) in [4.78, 5) is 12.4. The Morgan fingerprint density at radius 1 is 1.29 bits per heavy atom. The molecule has 21 heavy (non-hydrogen) atoms. The highest BCUT2D eigenvalue weighted by atomic mass is 16.3. The van der Waals surface area contributed by atoms with Crippen LogP contribution in [0.2, 0.25) is 0 Å². The average Bonchev–Trinajstić information content (AvgIpc) is 2.88. The summed E-state index contributed by atoms with van der Waals surface area (Å²) in [6, 6.07) is 0.509. The lowest BCUT2D eigenvalue weighted by Crippen LogP contribution is -2.50. The van der Waals surface area contributed by atoms with Crippen LogP contribution in [0.15, 0.2) is 0 Å². The van der Waals surface area contributed by atoms with Gasteiger partial charge < -0.3 is 15.7 Å². The van der Waals surface area contributed by atoms with Gasteiger partial charge in [-0.3, -0.25) is 4.79 Å². The van der Waals surface area contributed by atoms with Crippen LogP contribution in [0.3, 0.4) is 0 Å². The van der Waals surface area contributed by atoms with Gasteiger partial charge in [-0.25, -0.2) is 0 Å². The molecule has 120 valence electrons. The van der Waals surface area contributed by atoms with Crippen LogP contribution in [0.4, 0.5) is 0 Å². The molecule has 5 atom stereocenters. The molecule has 0 radical (unpaired) electrons. The van der Waals surface area contributed by atoms with E-state index in [0.717, 1.165) is 25.7 Å². The molecule has 0 aromatic carbocycles. The molecule has 1 saturated heterocycles. The van der Waals surface area contributed by atoms with E-state index in [1.165, 1.54) is 32.1 Å². The molecule has 0 aromatic heterocycles. The predicted octanol–water partition coefficient (Wildman–Crippen LogP) is 1.96. The van der Waals surface area contributed by atoms with Gasteiger partial charge in [-0.2, -0.15) is 0 Å². The Kier molecular flexibility index (Phi) is 4.55. The summed E-state index contributed by atoms with van der Waals surface area (Å²) in [7, 11) is 0. The van der Waals surface area contributed by atoms with E-state index in [0.29, 0.717) is 24.4 Å². The topological polar surface area (TPSA) is 61.4 Å². The Hall–Kier alpha value is -0.610. The first-order valence-electron chi connectivity index (χ1n) is 8.82. The lowest BCUT2D eigenvalue weighted by atomic mass is 9.79. The van der Waals surface area contributed by atoms with Crippen molar-refractivity contribution < 1.29 is 9.90 Å². The van der Waals surface area contributed by atoms with E-state index in [-0.39, 0.29) is 11.9 Å². The first-order valence-corrected chi connectivity index (χ1v) is 8.82. The largest absolute Gasteiger partial charge is 0.388 e. The highest BCUT2D eigenvalue weighted by molar-refractivity contribution is 5.82. The molecule has 3 fully saturated rings. The van der Waals surface area contributed by atoms with Crippen LogP contribution in [-0.4, -0.2) is 35.2 Å². The fourth-order valence-corrected chi connectivity index (χ4v) is 4.69. The van der Waals surface area contributed by atoms with E-state index in [1.807, 2.05) is 0 Å². The number of amides is 1. The number of hydrogen-bond donors (Lipinski definition) is 3. The normalized spacial score (nSPS) is 43.3. The van der Waals surface area contributed by atoms with Crippen molar-refractivity contribution in [2.75, 3.05) is 6.54 Å². The SMILES string of the molecule is CC1CCCC(O)(CNC(=O)C2CC3CCCCC3N2)C1. The van der Waals surface area contributed by atoms with Crippen LogP contribution in [0.25, 0.3) is 0 Å². The quantitative estimate of drug-likeness (QED) is 0.746. The summed E-state index contributed by atoms with van der Waals surface area (Å²) in [5.41, 5.74) is -0.682. The Morgan fingerprint density at radius 3 is 2.86 bits per heavy atom. The lowest BCUT2D eigenvalue weighted by molar-refractivity contribution is -0.124. The van der Waals surface area contributed by atoms with Gasteiger partial charge >= 0.3 is 0 Å². The van der Waals surface area contributed by atoms with E-state index in [9.17, 15) is 9.90 Å². The van der Waals surface area contributed by atoms with Gasteiger partial charge in [-0.1, -0.05) is 32.6 Å². The van der Waals surface area contributed by atoms with Gasteiger partial charge in [0, 0.05) is 12.6 Å². The zero-order chi connectivity index (χ0) is 14.9. The van der Waals surface area contributed by atoms with E-state index in [4.69, 9.17) is 0 Å². The molecule has 3 rings (SSSR count). The molecule has 4 nitrogen and oxygen atoms in total. The Labute approximate surface area is 128 Å². The van der Waals surface area contributed by atoms with Crippen LogP contribution in [-0.2, 0) is 4.79 Å². The molecular weight excluding hydrogens is 264 g/mol. The summed E-state index contributed by atoms with van der Waals surface area (Å²) in [5, 5.41) is 17.1. The third-order valence-corrected chi connectivity index (χ3v) is 5.84. The average molecular weight is 294 g/mol. The van der Waals surface area contributed by atoms with Crippen molar-refractivity contribution in [3.05, 3.63) is 0 Å². The molecule has 3 N–H and O–H groups in total. The summed E-state index contributed by atoms with van der Waals surface area (Å²) >= 11 is 0. The number of carbonyl (C=O) groups is 1. The molecule has 0 bridgehead atoms. The number of carbonyl (C=O) groups excluding carboxylic acids is 1. The molecule has 1 amide bonds. The summed E-state index contributed by atoms with van der Waals surface area (Å²) < 4.78 is 0. The summed E-state index contributed by atoms with van der Waals surface area (Å²) in [6.07, 6.45) is 9.97. The molecule has 1 aliphatic heterocycles. The molecular formula is C17H30N2O2. The molecule has 2 saturated carbocycles. The van der Waals surface area contributed by atoms with Crippen molar-refractivity contribution in [1.82, 2.24) is 10.6 Å². The molecule has 0 spiro atoms. The van der Waals surface area contributed by atoms with Crippen molar-refractivity contribution in [3.63, 3.8) is 0 Å². The first kappa shape index (κ1) is 15.3. The van der Waals surface area contributed by atoms with Crippen molar-refractivity contribution in [2.24, 2.45) is 11.8 Å². The van der Waals surface area contributed by atoms with Crippen LogP contribution in [0, 0.1) is 11.8 Å². The van der Waals surface area contributed by atoms with Crippen LogP contribution in [0.5, 0.6) is 0 Å². The van der Waals surface area contributed by atoms with Gasteiger partial charge in [0.2, 0.25) is 5.91 Å². The van der Waals surface area contributed by atoms with Gasteiger partial charge in [0.05, 0.1) is 11.6 Å². The molecule has 4 heteroatoms. The molecule has 2 aliphatic carbocycles. The van der Waals surface area contributed by atoms with E-state index in [2.05, 4.69) is 17.6 Å². The van der Waals surface area contributed by atoms with Crippen LogP contribution in [0.1, 0.15) is 64.7 Å². The zero-order valence-corrected chi connectivity index (χ0v) is 13.2. The second-order valence-electron chi connectivity index (χ2n) is 7.75. The standard InChI is InChI=1S/C17H30N2O2/c1-12-5-4-8-17(21,10-12)11-18-16(20)15-9-13-6-2-3-7-14(13)19-15/h12-15,19,21H,2-11H2,1H3,(H,18,20). The zero-order valence-electron chi connectivity index (χ0n) is 13.2. The molecule has 1 heterocycles. The third kappa shape index (κ3) is 3.59. The Balaban J connectivity index is 1.48. The number of nitrogens with one attached hydrogen (secondary N) is 2. The van der Waals surface area contributed by atoms with E-state index >= 15 is 0 Å². The second-order valence-corrected chi connectivity index (χ2v) is 7.75. The maximum absolute atomic E-state index is 12.4. The fourth-order valence-electron chi connectivity index (χ4n) is 4.69. The fraction of sp³-hybridized carbons (Fsp3) is 0.941. The lowest BCUT2D eigenvalue weighted by Gasteiger charge is -2.35. The van der Waals surface area contributed by atoms with Crippen molar-refractivity contribution in [2.45, 2.75) is 82.4 Å². The third-order valence-electron chi connectivity index (χ3n) is 5.84. The van der Waals surface area contributed by atoms with Crippen molar-refractivity contribution >= 4 is 5.91 Å². The minimum atomic E-state index is -0.682. The summed E-state index contributed by atoms with van der Waals surface area (Å²) in [6.45, 7) is 2.61. The van der Waals surface area contributed by atoms with E-state index in [1.54, 1.807) is 0 Å².